The van der Waals surface area contributed by atoms with Crippen LogP contribution in [0.3, 0.4) is 0 Å². The van der Waals surface area contributed by atoms with Crippen LogP contribution in [-0.2, 0) is 12.7 Å². The number of aromatic nitrogens is 4. The predicted molar refractivity (Wildman–Crippen MR) is 99.8 cm³/mol. The molecule has 0 aliphatic heterocycles. The van der Waals surface area contributed by atoms with Gasteiger partial charge >= 0.3 is 12.5 Å². The quantitative estimate of drug-likeness (QED) is 0.353. The highest BCUT2D eigenvalue weighted by Gasteiger charge is 2.39. The van der Waals surface area contributed by atoms with Crippen molar-refractivity contribution >= 4 is 28.3 Å². The number of H-pyrrole nitrogens is 1. The molecule has 2 aromatic heterocycles. The van der Waals surface area contributed by atoms with E-state index in [4.69, 9.17) is 16.0 Å². The summed E-state index contributed by atoms with van der Waals surface area (Å²) in [5, 5.41) is 16.9. The van der Waals surface area contributed by atoms with Gasteiger partial charge in [0.15, 0.2) is 5.76 Å². The van der Waals surface area contributed by atoms with Gasteiger partial charge in [0, 0.05) is 22.6 Å². The minimum Gasteiger partial charge on any atom is -0.453 e. The number of halogens is 7. The molecular formula is C18H10ClF6N5O2. The molecule has 0 aliphatic carbocycles. The zero-order valence-corrected chi connectivity index (χ0v) is 16.2. The van der Waals surface area contributed by atoms with Gasteiger partial charge in [-0.1, -0.05) is 11.6 Å². The van der Waals surface area contributed by atoms with Crippen molar-refractivity contribution in [2.75, 3.05) is 5.32 Å². The summed E-state index contributed by atoms with van der Waals surface area (Å²) in [6, 6.07) is 6.94. The van der Waals surface area contributed by atoms with E-state index in [0.717, 1.165) is 6.07 Å². The zero-order chi connectivity index (χ0) is 23.1. The number of aromatic amines is 1. The third-order valence-corrected chi connectivity index (χ3v) is 4.60. The summed E-state index contributed by atoms with van der Waals surface area (Å²) in [5.74, 6) is -0.803. The second kappa shape index (κ2) is 7.89. The molecule has 7 nitrogen and oxygen atoms in total. The van der Waals surface area contributed by atoms with Gasteiger partial charge in [-0.2, -0.15) is 18.4 Å². The van der Waals surface area contributed by atoms with Crippen molar-refractivity contribution in [3.63, 3.8) is 0 Å². The lowest BCUT2D eigenvalue weighted by molar-refractivity contribution is -0.276. The Kier molecular flexibility index (Phi) is 5.36. The van der Waals surface area contributed by atoms with Crippen molar-refractivity contribution in [1.29, 1.82) is 0 Å². The number of hydrogen-bond donors (Lipinski definition) is 2. The summed E-state index contributed by atoms with van der Waals surface area (Å²) < 4.78 is 85.9. The molecule has 0 amide bonds. The Bertz CT molecular complexity index is 1250. The summed E-state index contributed by atoms with van der Waals surface area (Å²) in [5.41, 5.74) is -0.777. The van der Waals surface area contributed by atoms with E-state index >= 15 is 0 Å². The van der Waals surface area contributed by atoms with Crippen molar-refractivity contribution in [2.24, 2.45) is 0 Å². The first-order chi connectivity index (χ1) is 15.0. The minimum atomic E-state index is -5.26. The van der Waals surface area contributed by atoms with Crippen molar-refractivity contribution in [3.05, 3.63) is 52.5 Å². The van der Waals surface area contributed by atoms with E-state index in [0.29, 0.717) is 39.4 Å². The normalized spacial score (nSPS) is 12.3. The van der Waals surface area contributed by atoms with Crippen LogP contribution >= 0.6 is 11.6 Å². The number of benzene rings is 2. The number of furan rings is 1. The molecular weight excluding hydrogens is 468 g/mol. The van der Waals surface area contributed by atoms with Crippen LogP contribution in [0.1, 0.15) is 11.1 Å². The van der Waals surface area contributed by atoms with Gasteiger partial charge in [-0.3, -0.25) is 0 Å². The highest BCUT2D eigenvalue weighted by atomic mass is 35.5. The molecule has 0 spiro atoms. The molecule has 4 aromatic rings. The fourth-order valence-electron chi connectivity index (χ4n) is 2.89. The Morgan fingerprint density at radius 3 is 2.50 bits per heavy atom. The highest BCUT2D eigenvalue weighted by Crippen LogP contribution is 2.40. The summed E-state index contributed by atoms with van der Waals surface area (Å²) in [6.07, 6.45) is -10.3. The first-order valence-corrected chi connectivity index (χ1v) is 9.04. The monoisotopic (exact) mass is 477 g/mol. The van der Waals surface area contributed by atoms with Gasteiger partial charge in [0.2, 0.25) is 5.82 Å². The number of rotatable bonds is 5. The molecule has 168 valence electrons. The fourth-order valence-corrected chi connectivity index (χ4v) is 3.12. The van der Waals surface area contributed by atoms with Crippen LogP contribution in [0.15, 0.2) is 40.8 Å². The molecule has 2 heterocycles. The summed E-state index contributed by atoms with van der Waals surface area (Å²) in [4.78, 5) is 0. The number of anilines is 1. The van der Waals surface area contributed by atoms with Crippen LogP contribution < -0.4 is 10.1 Å². The number of tetrazole rings is 1. The van der Waals surface area contributed by atoms with E-state index in [1.807, 2.05) is 0 Å². The smallest absolute Gasteiger partial charge is 0.453 e. The van der Waals surface area contributed by atoms with Crippen molar-refractivity contribution < 1.29 is 35.5 Å². The Balaban J connectivity index is 1.58. The van der Waals surface area contributed by atoms with Crippen LogP contribution in [-0.4, -0.2) is 27.0 Å². The van der Waals surface area contributed by atoms with Crippen LogP contribution in [0, 0.1) is 0 Å². The van der Waals surface area contributed by atoms with E-state index in [9.17, 15) is 26.3 Å². The highest BCUT2D eigenvalue weighted by molar-refractivity contribution is 6.32. The second-order valence-corrected chi connectivity index (χ2v) is 6.84. The number of hydrogen-bond acceptors (Lipinski definition) is 6. The summed E-state index contributed by atoms with van der Waals surface area (Å²) in [7, 11) is 0. The Morgan fingerprint density at radius 2 is 1.84 bits per heavy atom. The first kappa shape index (κ1) is 21.7. The predicted octanol–water partition coefficient (Wildman–Crippen LogP) is 5.80. The van der Waals surface area contributed by atoms with Crippen molar-refractivity contribution in [3.8, 4) is 17.3 Å². The van der Waals surface area contributed by atoms with Gasteiger partial charge in [0.25, 0.3) is 0 Å². The Morgan fingerprint density at radius 1 is 1.06 bits per heavy atom. The molecule has 0 radical (unpaired) electrons. The van der Waals surface area contributed by atoms with Gasteiger partial charge in [0.05, 0.1) is 5.56 Å². The Labute approximate surface area is 179 Å². The van der Waals surface area contributed by atoms with Gasteiger partial charge in [0.1, 0.15) is 11.3 Å². The molecule has 0 saturated carbocycles. The number of alkyl halides is 6. The summed E-state index contributed by atoms with van der Waals surface area (Å²) in [6.45, 7) is -0.0379. The summed E-state index contributed by atoms with van der Waals surface area (Å²) >= 11 is 6.25. The van der Waals surface area contributed by atoms with Crippen LogP contribution in [0.25, 0.3) is 22.6 Å². The van der Waals surface area contributed by atoms with E-state index in [-0.39, 0.29) is 18.1 Å². The van der Waals surface area contributed by atoms with Gasteiger partial charge < -0.3 is 14.5 Å². The molecule has 2 aromatic carbocycles. The second-order valence-electron chi connectivity index (χ2n) is 6.44. The molecule has 2 N–H and O–H groups in total. The lowest BCUT2D eigenvalue weighted by Crippen LogP contribution is -2.20. The number of nitrogens with zero attached hydrogens (tertiary/aromatic N) is 3. The van der Waals surface area contributed by atoms with E-state index in [1.54, 1.807) is 18.2 Å². The van der Waals surface area contributed by atoms with Crippen LogP contribution in [0.4, 0.5) is 32.0 Å². The van der Waals surface area contributed by atoms with Crippen molar-refractivity contribution in [1.82, 2.24) is 20.6 Å². The van der Waals surface area contributed by atoms with E-state index in [1.165, 1.54) is 0 Å². The lowest BCUT2D eigenvalue weighted by atomic mass is 10.1. The maximum atomic E-state index is 13.2. The fraction of sp³-hybridized carbons (Fsp3) is 0.167. The lowest BCUT2D eigenvalue weighted by Gasteiger charge is -2.17. The number of nitrogens with one attached hydrogen (secondary N) is 2. The van der Waals surface area contributed by atoms with Crippen LogP contribution in [0.5, 0.6) is 5.75 Å². The average molecular weight is 478 g/mol. The third-order valence-electron chi connectivity index (χ3n) is 4.24. The van der Waals surface area contributed by atoms with Crippen molar-refractivity contribution in [2.45, 2.75) is 19.1 Å². The molecule has 0 bridgehead atoms. The molecule has 0 unspecified atom stereocenters. The molecule has 0 aliphatic rings. The maximum absolute atomic E-state index is 13.2. The topological polar surface area (TPSA) is 88.9 Å². The average Bonchev–Trinajstić information content (AvgIpc) is 3.34. The molecule has 4 rings (SSSR count). The molecule has 14 heteroatoms. The molecule has 0 atom stereocenters. The van der Waals surface area contributed by atoms with Gasteiger partial charge in [-0.25, -0.2) is 0 Å². The standard InChI is InChI=1S/C18H10ClF6N5O2/c19-12-3-8-4-15(16-27-29-30-28-16)31-14(8)5-9(12)7-26-10-1-2-13(32-18(23,24)25)11(6-10)17(20,21)22/h1-6,26H,7H2,(H,27,28,29,30). The van der Waals surface area contributed by atoms with Crippen LogP contribution in [0.2, 0.25) is 5.02 Å². The Hall–Kier alpha value is -3.48. The third kappa shape index (κ3) is 4.72. The maximum Gasteiger partial charge on any atom is 0.573 e. The molecule has 0 saturated heterocycles. The molecule has 32 heavy (non-hydrogen) atoms. The minimum absolute atomic E-state index is 0.0379. The van der Waals surface area contributed by atoms with Gasteiger partial charge in [-0.15, -0.1) is 23.4 Å². The number of ether oxygens (including phenoxy) is 1. The molecule has 0 fully saturated rings. The van der Waals surface area contributed by atoms with E-state index < -0.39 is 23.9 Å². The first-order valence-electron chi connectivity index (χ1n) is 8.66. The largest absolute Gasteiger partial charge is 0.573 e. The van der Waals surface area contributed by atoms with Gasteiger partial charge in [-0.05, 0) is 47.2 Å². The SMILES string of the molecule is FC(F)(F)Oc1ccc(NCc2cc3oc(-c4nn[nH]n4)cc3cc2Cl)cc1C(F)(F)F. The van der Waals surface area contributed by atoms with E-state index in [2.05, 4.69) is 30.7 Å². The number of fused-ring (bicyclic) bond motifs is 1. The zero-order valence-electron chi connectivity index (χ0n) is 15.5.